The third-order valence-electron chi connectivity index (χ3n) is 7.99. The van der Waals surface area contributed by atoms with Gasteiger partial charge < -0.3 is 26.0 Å². The molecule has 1 fully saturated rings. The smallest absolute Gasteiger partial charge is 0.249 e. The summed E-state index contributed by atoms with van der Waals surface area (Å²) in [6.07, 6.45) is 6.27. The Morgan fingerprint density at radius 3 is 2.26 bits per heavy atom. The Labute approximate surface area is 205 Å². The van der Waals surface area contributed by atoms with Crippen LogP contribution >= 0.6 is 0 Å². The van der Waals surface area contributed by atoms with Crippen molar-refractivity contribution in [3.8, 4) is 11.5 Å². The Kier molecular flexibility index (Phi) is 6.28. The summed E-state index contributed by atoms with van der Waals surface area (Å²) in [5.74, 6) is -2.69. The van der Waals surface area contributed by atoms with Gasteiger partial charge in [-0.05, 0) is 68.1 Å². The van der Waals surface area contributed by atoms with Crippen LogP contribution in [0, 0.1) is 12.8 Å². The van der Waals surface area contributed by atoms with E-state index in [1.54, 1.807) is 19.1 Å². The molecule has 0 radical (unpaired) electrons. The Bertz CT molecular complexity index is 1280. The lowest BCUT2D eigenvalue weighted by atomic mass is 9.58. The summed E-state index contributed by atoms with van der Waals surface area (Å²) in [5.41, 5.74) is 5.44. The van der Waals surface area contributed by atoms with Gasteiger partial charge in [0.1, 0.15) is 11.5 Å². The van der Waals surface area contributed by atoms with E-state index in [2.05, 4.69) is 6.58 Å². The summed E-state index contributed by atoms with van der Waals surface area (Å²) < 4.78 is 0. The second-order valence-corrected chi connectivity index (χ2v) is 10.2. The van der Waals surface area contributed by atoms with Gasteiger partial charge in [0, 0.05) is 17.5 Å². The lowest BCUT2D eigenvalue weighted by Crippen LogP contribution is -2.62. The van der Waals surface area contributed by atoms with Crippen LogP contribution in [0.4, 0.5) is 0 Å². The topological polar surface area (TPSA) is 124 Å². The number of benzene rings is 2. The van der Waals surface area contributed by atoms with Crippen molar-refractivity contribution in [1.82, 2.24) is 4.90 Å². The van der Waals surface area contributed by atoms with Gasteiger partial charge in [0.25, 0.3) is 0 Å². The quantitative estimate of drug-likeness (QED) is 0.524. The van der Waals surface area contributed by atoms with Crippen molar-refractivity contribution >= 4 is 22.5 Å². The number of hydrogen-bond acceptors (Lipinski definition) is 6. The van der Waals surface area contributed by atoms with E-state index < -0.39 is 29.3 Å². The Morgan fingerprint density at radius 2 is 1.74 bits per heavy atom. The Balaban J connectivity index is 0.000000656. The highest BCUT2D eigenvalue weighted by Gasteiger charge is 2.59. The van der Waals surface area contributed by atoms with Crippen LogP contribution in [0.1, 0.15) is 54.1 Å². The van der Waals surface area contributed by atoms with Crippen LogP contribution in [0.5, 0.6) is 11.5 Å². The lowest BCUT2D eigenvalue weighted by molar-refractivity contribution is -0.115. The molecule has 7 nitrogen and oxygen atoms in total. The van der Waals surface area contributed by atoms with Crippen molar-refractivity contribution in [2.24, 2.45) is 11.7 Å². The third-order valence-corrected chi connectivity index (χ3v) is 7.99. The number of nitrogens with zero attached hydrogens (tertiary/aromatic N) is 1. The first kappa shape index (κ1) is 24.9. The first-order chi connectivity index (χ1) is 16.4. The first-order valence-electron chi connectivity index (χ1n) is 12.0. The number of Topliss-reactive ketones (excluding diaryl/α,β-unsaturated/α-hetero) is 1. The number of likely N-dealkylation sites (N-methyl/N-ethyl adjacent to an activating group) is 1. The monoisotopic (exact) mass is 478 g/mol. The fourth-order valence-corrected chi connectivity index (χ4v) is 5.87. The van der Waals surface area contributed by atoms with Crippen molar-refractivity contribution in [2.75, 3.05) is 14.1 Å². The molecule has 1 amide bonds. The van der Waals surface area contributed by atoms with Crippen LogP contribution in [0.15, 0.2) is 41.5 Å². The molecular formula is C28H34N2O5. The second kappa shape index (κ2) is 8.81. The summed E-state index contributed by atoms with van der Waals surface area (Å²) in [5, 5.41) is 34.0. The first-order valence-corrected chi connectivity index (χ1v) is 12.0. The van der Waals surface area contributed by atoms with E-state index >= 15 is 0 Å². The number of rotatable bonds is 2. The molecule has 0 aliphatic heterocycles. The van der Waals surface area contributed by atoms with Crippen molar-refractivity contribution < 1.29 is 24.9 Å². The molecule has 3 atom stereocenters. The van der Waals surface area contributed by atoms with Gasteiger partial charge in [-0.25, -0.2) is 0 Å². The van der Waals surface area contributed by atoms with E-state index in [1.165, 1.54) is 31.7 Å². The molecule has 1 saturated carbocycles. The van der Waals surface area contributed by atoms with Crippen molar-refractivity contribution in [3.05, 3.63) is 58.2 Å². The van der Waals surface area contributed by atoms with Gasteiger partial charge in [-0.15, -0.1) is 0 Å². The largest absolute Gasteiger partial charge is 0.507 e. The number of nitrogens with two attached hydrogens (primary N) is 1. The normalized spacial score (nSPS) is 25.5. The summed E-state index contributed by atoms with van der Waals surface area (Å²) in [4.78, 5) is 27.9. The number of primary amides is 1. The van der Waals surface area contributed by atoms with Crippen LogP contribution in [-0.2, 0) is 11.2 Å². The number of hydrogen-bond donors (Lipinski definition) is 4. The Hall–Kier alpha value is -3.16. The number of aryl methyl sites for hydroxylation is 1. The molecule has 35 heavy (non-hydrogen) atoms. The van der Waals surface area contributed by atoms with Crippen LogP contribution in [0.2, 0.25) is 0 Å². The zero-order chi connectivity index (χ0) is 25.8. The van der Waals surface area contributed by atoms with Crippen molar-refractivity contribution in [2.45, 2.75) is 57.6 Å². The van der Waals surface area contributed by atoms with Gasteiger partial charge in [0.15, 0.2) is 5.60 Å². The third kappa shape index (κ3) is 3.56. The molecule has 1 unspecified atom stereocenters. The van der Waals surface area contributed by atoms with Gasteiger partial charge in [-0.1, -0.05) is 44.4 Å². The highest BCUT2D eigenvalue weighted by molar-refractivity contribution is 6.16. The van der Waals surface area contributed by atoms with E-state index in [9.17, 15) is 24.9 Å². The average molecular weight is 479 g/mol. The zero-order valence-corrected chi connectivity index (χ0v) is 20.8. The minimum atomic E-state index is -2.12. The highest BCUT2D eigenvalue weighted by Crippen LogP contribution is 2.52. The number of carbonyl (C=O) groups is 2. The number of carbonyl (C=O) groups excluding carboxylic acids is 2. The highest BCUT2D eigenvalue weighted by atomic mass is 16.3. The van der Waals surface area contributed by atoms with E-state index in [-0.39, 0.29) is 40.0 Å². The van der Waals surface area contributed by atoms with Gasteiger partial charge in [-0.2, -0.15) is 0 Å². The minimum Gasteiger partial charge on any atom is -0.507 e. The molecule has 5 rings (SSSR count). The van der Waals surface area contributed by atoms with Gasteiger partial charge in [0.2, 0.25) is 11.7 Å². The maximum absolute atomic E-state index is 13.8. The number of amides is 1. The maximum atomic E-state index is 13.8. The predicted octanol–water partition coefficient (Wildman–Crippen LogP) is 3.51. The second-order valence-electron chi connectivity index (χ2n) is 10.2. The van der Waals surface area contributed by atoms with E-state index in [1.807, 2.05) is 25.9 Å². The van der Waals surface area contributed by atoms with E-state index in [0.29, 0.717) is 16.5 Å². The fourth-order valence-electron chi connectivity index (χ4n) is 5.87. The molecule has 0 heterocycles. The zero-order valence-electron chi connectivity index (χ0n) is 20.8. The van der Waals surface area contributed by atoms with Crippen LogP contribution in [0.25, 0.3) is 10.8 Å². The minimum absolute atomic E-state index is 0.0488. The molecule has 2 aromatic rings. The molecular weight excluding hydrogens is 444 g/mol. The van der Waals surface area contributed by atoms with Crippen LogP contribution < -0.4 is 5.73 Å². The summed E-state index contributed by atoms with van der Waals surface area (Å²) >= 11 is 0. The SMILES string of the molecule is C1CCC1.C=C1C(C(N)=O)=C(C)C(N(C)C)[C@@H]2Cc3c(c(O)c4c(O)cccc4c3C)C(=O)[C@]12O. The number of ketones is 1. The molecule has 5 N–H and O–H groups in total. The van der Waals surface area contributed by atoms with Crippen molar-refractivity contribution in [1.29, 1.82) is 0 Å². The molecule has 0 aromatic heterocycles. The van der Waals surface area contributed by atoms with E-state index in [4.69, 9.17) is 5.73 Å². The van der Waals surface area contributed by atoms with Gasteiger partial charge in [0.05, 0.1) is 10.9 Å². The van der Waals surface area contributed by atoms with Gasteiger partial charge in [-0.3, -0.25) is 9.59 Å². The molecule has 0 bridgehead atoms. The standard InChI is InChI=1S/C24H26N2O5.C4H8/c1-10-13-7-6-8-16(27)18(13)21(28)19-14(10)9-15-20(26(4)5)11(2)17(23(25)30)12(3)24(15,31)22(19)29;1-2-4-3-1/h6-8,15,20,27-28,31H,3,9H2,1-2,4-5H3,(H2,25,30);1-4H2/t15-,20?,24-;/m0./s1. The molecule has 0 saturated heterocycles. The number of phenolic OH excluding ortho intramolecular Hbond substituents is 2. The number of aromatic hydroxyl groups is 2. The number of aliphatic hydroxyl groups is 1. The Morgan fingerprint density at radius 1 is 1.14 bits per heavy atom. The fraction of sp³-hybridized carbons (Fsp3) is 0.429. The van der Waals surface area contributed by atoms with Crippen LogP contribution in [0.3, 0.4) is 0 Å². The molecule has 186 valence electrons. The van der Waals surface area contributed by atoms with Gasteiger partial charge >= 0.3 is 0 Å². The molecule has 3 aliphatic carbocycles. The molecule has 3 aliphatic rings. The summed E-state index contributed by atoms with van der Waals surface area (Å²) in [7, 11) is 3.62. The number of phenols is 2. The van der Waals surface area contributed by atoms with Crippen molar-refractivity contribution in [3.63, 3.8) is 0 Å². The average Bonchev–Trinajstić information content (AvgIpc) is 2.72. The summed E-state index contributed by atoms with van der Waals surface area (Å²) in [6, 6.07) is 4.43. The van der Waals surface area contributed by atoms with Crippen LogP contribution in [-0.4, -0.2) is 57.6 Å². The van der Waals surface area contributed by atoms with E-state index in [0.717, 1.165) is 5.56 Å². The lowest BCUT2D eigenvalue weighted by Gasteiger charge is -2.50. The molecule has 7 heteroatoms. The summed E-state index contributed by atoms with van der Waals surface area (Å²) in [6.45, 7) is 7.49. The maximum Gasteiger partial charge on any atom is 0.249 e. The number of fused-ring (bicyclic) bond motifs is 3. The predicted molar refractivity (Wildman–Crippen MR) is 135 cm³/mol. The molecule has 0 spiro atoms. The molecule has 2 aromatic carbocycles.